The normalized spacial score (nSPS) is 20.2. The number of para-hydroxylation sites is 1. The van der Waals surface area contributed by atoms with Gasteiger partial charge in [0.25, 0.3) is 5.91 Å². The Balaban J connectivity index is 1.46. The molecule has 164 valence electrons. The van der Waals surface area contributed by atoms with Gasteiger partial charge in [0, 0.05) is 45.9 Å². The fourth-order valence-corrected chi connectivity index (χ4v) is 5.88. The maximum atomic E-state index is 13.1. The molecule has 0 aliphatic carbocycles. The second-order valence-electron chi connectivity index (χ2n) is 7.89. The first kappa shape index (κ1) is 22.0. The van der Waals surface area contributed by atoms with Gasteiger partial charge in [-0.05, 0) is 42.7 Å². The number of hydrogen-bond donors (Lipinski definition) is 0. The van der Waals surface area contributed by atoms with Gasteiger partial charge in [-0.25, -0.2) is 0 Å². The van der Waals surface area contributed by atoms with E-state index in [2.05, 4.69) is 22.9 Å². The van der Waals surface area contributed by atoms with E-state index in [1.165, 1.54) is 11.8 Å². The van der Waals surface area contributed by atoms with Crippen LogP contribution >= 0.6 is 47.2 Å². The van der Waals surface area contributed by atoms with E-state index in [4.69, 9.17) is 40.2 Å². The summed E-state index contributed by atoms with van der Waals surface area (Å²) in [6, 6.07) is 13.7. The Kier molecular flexibility index (Phi) is 6.32. The van der Waals surface area contributed by atoms with Gasteiger partial charge in [-0.3, -0.25) is 9.69 Å². The predicted octanol–water partition coefficient (Wildman–Crippen LogP) is 6.38. The monoisotopic (exact) mass is 502 g/mol. The Morgan fingerprint density at radius 2 is 2.06 bits per heavy atom. The summed E-state index contributed by atoms with van der Waals surface area (Å²) in [6.45, 7) is 1.88. The van der Waals surface area contributed by atoms with Crippen LogP contribution in [0, 0.1) is 0 Å². The van der Waals surface area contributed by atoms with E-state index in [0.29, 0.717) is 32.4 Å². The fraction of sp³-hybridized carbons (Fsp3) is 0.250. The van der Waals surface area contributed by atoms with Crippen LogP contribution in [-0.4, -0.2) is 39.0 Å². The van der Waals surface area contributed by atoms with Crippen LogP contribution in [-0.2, 0) is 16.1 Å². The van der Waals surface area contributed by atoms with Gasteiger partial charge < -0.3 is 9.30 Å². The van der Waals surface area contributed by atoms with Gasteiger partial charge in [0.05, 0.1) is 17.6 Å². The summed E-state index contributed by atoms with van der Waals surface area (Å²) in [6.07, 6.45) is 6.07. The molecule has 5 rings (SSSR count). The average Bonchev–Trinajstić information content (AvgIpc) is 3.47. The highest BCUT2D eigenvalue weighted by Gasteiger charge is 2.34. The van der Waals surface area contributed by atoms with Crippen molar-refractivity contribution in [2.24, 2.45) is 0 Å². The summed E-state index contributed by atoms with van der Waals surface area (Å²) in [5.41, 5.74) is 3.02. The molecule has 1 amide bonds. The number of aromatic nitrogens is 1. The molecule has 3 heterocycles. The van der Waals surface area contributed by atoms with Crippen LogP contribution in [0.4, 0.5) is 0 Å². The first-order valence-electron chi connectivity index (χ1n) is 10.4. The van der Waals surface area contributed by atoms with Crippen LogP contribution in [0.5, 0.6) is 0 Å². The van der Waals surface area contributed by atoms with Gasteiger partial charge >= 0.3 is 0 Å². The van der Waals surface area contributed by atoms with E-state index in [9.17, 15) is 4.79 Å². The zero-order valence-electron chi connectivity index (χ0n) is 17.1. The predicted molar refractivity (Wildman–Crippen MR) is 136 cm³/mol. The lowest BCUT2D eigenvalue weighted by Gasteiger charge is -2.18. The van der Waals surface area contributed by atoms with Crippen molar-refractivity contribution in [3.8, 4) is 0 Å². The lowest BCUT2D eigenvalue weighted by molar-refractivity contribution is -0.123. The third-order valence-corrected chi connectivity index (χ3v) is 7.71. The molecule has 0 saturated carbocycles. The molecule has 2 aliphatic heterocycles. The number of carbonyl (C=O) groups excluding carboxylic acids is 1. The number of hydrogen-bond acceptors (Lipinski definition) is 4. The van der Waals surface area contributed by atoms with Crippen molar-refractivity contribution in [2.45, 2.75) is 25.5 Å². The maximum Gasteiger partial charge on any atom is 0.266 e. The number of ether oxygens (including phenoxy) is 1. The number of carbonyl (C=O) groups is 1. The number of halogens is 2. The second kappa shape index (κ2) is 9.20. The van der Waals surface area contributed by atoms with Gasteiger partial charge in [0.2, 0.25) is 0 Å². The van der Waals surface area contributed by atoms with Gasteiger partial charge in [0.1, 0.15) is 4.32 Å². The van der Waals surface area contributed by atoms with Crippen molar-refractivity contribution in [3.05, 3.63) is 74.7 Å². The number of fused-ring (bicyclic) bond motifs is 1. The van der Waals surface area contributed by atoms with Crippen molar-refractivity contribution in [1.29, 1.82) is 0 Å². The molecule has 2 aliphatic rings. The molecule has 2 saturated heterocycles. The van der Waals surface area contributed by atoms with Crippen molar-refractivity contribution in [1.82, 2.24) is 9.47 Å². The SMILES string of the molecule is O=C1/C(=C/c2cn(Cc3ccc(Cl)cc3Cl)c3ccccc23)SC(=S)N1C[C@H]1CCCO1. The summed E-state index contributed by atoms with van der Waals surface area (Å²) < 4.78 is 8.43. The molecule has 3 aromatic rings. The lowest BCUT2D eigenvalue weighted by atomic mass is 10.1. The van der Waals surface area contributed by atoms with Gasteiger partial charge in [-0.1, -0.05) is 71.4 Å². The molecule has 0 N–H and O–H groups in total. The van der Waals surface area contributed by atoms with Crippen LogP contribution in [0.3, 0.4) is 0 Å². The Labute approximate surface area is 206 Å². The van der Waals surface area contributed by atoms with E-state index < -0.39 is 0 Å². The van der Waals surface area contributed by atoms with E-state index in [1.807, 2.05) is 30.3 Å². The molecular weight excluding hydrogens is 483 g/mol. The molecular formula is C24H20Cl2N2O2S2. The Bertz CT molecular complexity index is 1250. The number of rotatable bonds is 5. The molecule has 8 heteroatoms. The molecule has 0 unspecified atom stereocenters. The topological polar surface area (TPSA) is 34.5 Å². The largest absolute Gasteiger partial charge is 0.376 e. The van der Waals surface area contributed by atoms with Gasteiger partial charge in [-0.15, -0.1) is 0 Å². The minimum Gasteiger partial charge on any atom is -0.376 e. The first-order chi connectivity index (χ1) is 15.5. The van der Waals surface area contributed by atoms with Crippen molar-refractivity contribution in [2.75, 3.05) is 13.2 Å². The summed E-state index contributed by atoms with van der Waals surface area (Å²) in [5, 5.41) is 2.32. The lowest BCUT2D eigenvalue weighted by Crippen LogP contribution is -2.35. The Morgan fingerprint density at radius 1 is 1.22 bits per heavy atom. The second-order valence-corrected chi connectivity index (χ2v) is 10.4. The summed E-state index contributed by atoms with van der Waals surface area (Å²) in [7, 11) is 0. The Hall–Kier alpha value is -1.83. The van der Waals surface area contributed by atoms with E-state index in [1.54, 1.807) is 11.0 Å². The molecule has 2 aromatic carbocycles. The summed E-state index contributed by atoms with van der Waals surface area (Å²) >= 11 is 19.3. The van der Waals surface area contributed by atoms with Crippen molar-refractivity contribution < 1.29 is 9.53 Å². The van der Waals surface area contributed by atoms with Crippen LogP contribution in [0.15, 0.2) is 53.6 Å². The standard InChI is InChI=1S/C24H20Cl2N2O2S2/c25-17-8-7-15(20(26)11-17)12-27-13-16(19-5-1-2-6-21(19)27)10-22-23(29)28(24(31)32-22)14-18-4-3-9-30-18/h1-2,5-8,10-11,13,18H,3-4,9,12,14H2/b22-10-/t18-/m1/s1. The minimum atomic E-state index is -0.0481. The fourth-order valence-electron chi connectivity index (χ4n) is 4.15. The van der Waals surface area contributed by atoms with Crippen LogP contribution in [0.25, 0.3) is 17.0 Å². The third-order valence-electron chi connectivity index (χ3n) is 5.75. The Morgan fingerprint density at radius 3 is 2.84 bits per heavy atom. The highest BCUT2D eigenvalue weighted by molar-refractivity contribution is 8.26. The van der Waals surface area contributed by atoms with Crippen LogP contribution < -0.4 is 0 Å². The molecule has 2 fully saturated rings. The molecule has 4 nitrogen and oxygen atoms in total. The minimum absolute atomic E-state index is 0.0481. The smallest absolute Gasteiger partial charge is 0.266 e. The highest BCUT2D eigenvalue weighted by atomic mass is 35.5. The molecule has 1 atom stereocenters. The quantitative estimate of drug-likeness (QED) is 0.299. The first-order valence-corrected chi connectivity index (χ1v) is 12.4. The number of nitrogens with zero attached hydrogens (tertiary/aromatic N) is 2. The van der Waals surface area contributed by atoms with Crippen LogP contribution in [0.2, 0.25) is 10.0 Å². The number of thioether (sulfide) groups is 1. The molecule has 1 aromatic heterocycles. The molecule has 0 bridgehead atoms. The zero-order chi connectivity index (χ0) is 22.2. The van der Waals surface area contributed by atoms with E-state index >= 15 is 0 Å². The summed E-state index contributed by atoms with van der Waals surface area (Å²) in [4.78, 5) is 15.4. The molecule has 0 radical (unpaired) electrons. The number of benzene rings is 2. The van der Waals surface area contributed by atoms with Crippen molar-refractivity contribution in [3.63, 3.8) is 0 Å². The van der Waals surface area contributed by atoms with Crippen LogP contribution in [0.1, 0.15) is 24.0 Å². The number of amides is 1. The van der Waals surface area contributed by atoms with Gasteiger partial charge in [0.15, 0.2) is 0 Å². The molecule has 32 heavy (non-hydrogen) atoms. The van der Waals surface area contributed by atoms with E-state index in [-0.39, 0.29) is 12.0 Å². The van der Waals surface area contributed by atoms with Crippen molar-refractivity contribution >= 4 is 74.4 Å². The van der Waals surface area contributed by atoms with Gasteiger partial charge in [-0.2, -0.15) is 0 Å². The maximum absolute atomic E-state index is 13.1. The van der Waals surface area contributed by atoms with E-state index in [0.717, 1.165) is 41.5 Å². The zero-order valence-corrected chi connectivity index (χ0v) is 20.2. The highest BCUT2D eigenvalue weighted by Crippen LogP contribution is 2.35. The average molecular weight is 503 g/mol. The molecule has 0 spiro atoms. The summed E-state index contributed by atoms with van der Waals surface area (Å²) in [5.74, 6) is -0.0481. The number of thiocarbonyl (C=S) groups is 1. The third kappa shape index (κ3) is 4.35.